The molecule has 2 unspecified atom stereocenters. The van der Waals surface area contributed by atoms with Crippen LogP contribution >= 0.6 is 0 Å². The monoisotopic (exact) mass is 180 g/mol. The fourth-order valence-corrected chi connectivity index (χ4v) is 2.69. The van der Waals surface area contributed by atoms with E-state index in [1.807, 2.05) is 0 Å². The van der Waals surface area contributed by atoms with Crippen LogP contribution in [0.4, 0.5) is 0 Å². The molecule has 2 heteroatoms. The van der Waals surface area contributed by atoms with Crippen molar-refractivity contribution in [3.8, 4) is 6.07 Å². The zero-order valence-electron chi connectivity index (χ0n) is 8.93. The van der Waals surface area contributed by atoms with Gasteiger partial charge in [-0.2, -0.15) is 5.26 Å². The summed E-state index contributed by atoms with van der Waals surface area (Å²) < 4.78 is 0. The van der Waals surface area contributed by atoms with Crippen LogP contribution in [0.3, 0.4) is 0 Å². The molecule has 0 aromatic rings. The molecule has 1 aliphatic carbocycles. The lowest BCUT2D eigenvalue weighted by atomic mass is 9.70. The molecule has 0 heterocycles. The maximum atomic E-state index is 8.48. The van der Waals surface area contributed by atoms with Crippen LogP contribution in [0.1, 0.15) is 40.0 Å². The average Bonchev–Trinajstić information content (AvgIpc) is 1.97. The van der Waals surface area contributed by atoms with E-state index in [4.69, 9.17) is 5.26 Å². The fourth-order valence-electron chi connectivity index (χ4n) is 2.69. The molecule has 1 aliphatic rings. The van der Waals surface area contributed by atoms with Crippen LogP contribution in [0.5, 0.6) is 0 Å². The lowest BCUT2D eigenvalue weighted by Crippen LogP contribution is -2.40. The van der Waals surface area contributed by atoms with Crippen LogP contribution in [0.25, 0.3) is 0 Å². The molecule has 0 saturated heterocycles. The quantitative estimate of drug-likeness (QED) is 0.662. The summed E-state index contributed by atoms with van der Waals surface area (Å²) in [5, 5.41) is 11.8. The summed E-state index contributed by atoms with van der Waals surface area (Å²) in [6.45, 7) is 7.45. The minimum atomic E-state index is 0.449. The van der Waals surface area contributed by atoms with E-state index in [1.165, 1.54) is 19.3 Å². The van der Waals surface area contributed by atoms with Gasteiger partial charge < -0.3 is 5.32 Å². The number of hydrogen-bond donors (Lipinski definition) is 1. The van der Waals surface area contributed by atoms with Gasteiger partial charge in [-0.15, -0.1) is 0 Å². The number of nitrogens with one attached hydrogen (secondary N) is 1. The second-order valence-electron chi connectivity index (χ2n) is 5.15. The molecule has 74 valence electrons. The summed E-state index contributed by atoms with van der Waals surface area (Å²) in [6.07, 6.45) is 3.75. The fraction of sp³-hybridized carbons (Fsp3) is 0.909. The Labute approximate surface area is 81.3 Å². The molecule has 0 aromatic heterocycles. The first kappa shape index (κ1) is 10.5. The number of nitrogens with zero attached hydrogens (tertiary/aromatic N) is 1. The van der Waals surface area contributed by atoms with Crippen LogP contribution in [0, 0.1) is 22.7 Å². The van der Waals surface area contributed by atoms with Crippen molar-refractivity contribution in [2.24, 2.45) is 11.3 Å². The van der Waals surface area contributed by atoms with E-state index in [2.05, 4.69) is 32.2 Å². The van der Waals surface area contributed by atoms with E-state index in [1.54, 1.807) is 0 Å². The van der Waals surface area contributed by atoms with Crippen molar-refractivity contribution in [3.63, 3.8) is 0 Å². The molecular weight excluding hydrogens is 160 g/mol. The Kier molecular flexibility index (Phi) is 3.33. The lowest BCUT2D eigenvalue weighted by molar-refractivity contribution is 0.154. The summed E-state index contributed by atoms with van der Waals surface area (Å²) >= 11 is 0. The Morgan fingerprint density at radius 2 is 2.15 bits per heavy atom. The van der Waals surface area contributed by atoms with Crippen molar-refractivity contribution in [1.29, 1.82) is 5.26 Å². The third-order valence-corrected chi connectivity index (χ3v) is 2.86. The minimum absolute atomic E-state index is 0.449. The zero-order valence-corrected chi connectivity index (χ0v) is 8.93. The third-order valence-electron chi connectivity index (χ3n) is 2.86. The molecule has 2 nitrogen and oxygen atoms in total. The lowest BCUT2D eigenvalue weighted by Gasteiger charge is -2.39. The number of hydrogen-bond acceptors (Lipinski definition) is 2. The first-order valence-corrected chi connectivity index (χ1v) is 5.14. The highest BCUT2D eigenvalue weighted by Gasteiger charge is 2.31. The van der Waals surface area contributed by atoms with Gasteiger partial charge in [-0.05, 0) is 30.6 Å². The first-order chi connectivity index (χ1) is 6.03. The third kappa shape index (κ3) is 3.36. The highest BCUT2D eigenvalue weighted by atomic mass is 14.9. The highest BCUT2D eigenvalue weighted by molar-refractivity contribution is 4.88. The van der Waals surface area contributed by atoms with E-state index >= 15 is 0 Å². The molecule has 0 spiro atoms. The molecule has 0 bridgehead atoms. The Bertz CT molecular complexity index is 203. The standard InChI is InChI=1S/C11H20N2/c1-9-6-10(13-5-4-12)8-11(2,3)7-9/h9-10,13H,5-8H2,1-3H3. The molecule has 0 aliphatic heterocycles. The Hall–Kier alpha value is -0.550. The van der Waals surface area contributed by atoms with E-state index < -0.39 is 0 Å². The predicted octanol–water partition coefficient (Wildman–Crippen LogP) is 2.31. The van der Waals surface area contributed by atoms with Crippen LogP contribution in [-0.4, -0.2) is 12.6 Å². The van der Waals surface area contributed by atoms with Crippen molar-refractivity contribution in [2.75, 3.05) is 6.54 Å². The van der Waals surface area contributed by atoms with Gasteiger partial charge in [0.1, 0.15) is 0 Å². The molecular formula is C11H20N2. The van der Waals surface area contributed by atoms with Gasteiger partial charge in [-0.25, -0.2) is 0 Å². The Balaban J connectivity index is 2.44. The predicted molar refractivity (Wildman–Crippen MR) is 54.2 cm³/mol. The normalized spacial score (nSPS) is 32.5. The van der Waals surface area contributed by atoms with E-state index in [9.17, 15) is 0 Å². The van der Waals surface area contributed by atoms with E-state index in [0.717, 1.165) is 5.92 Å². The van der Waals surface area contributed by atoms with Crippen LogP contribution in [-0.2, 0) is 0 Å². The van der Waals surface area contributed by atoms with Crippen LogP contribution in [0.2, 0.25) is 0 Å². The molecule has 1 fully saturated rings. The molecule has 1 saturated carbocycles. The highest BCUT2D eigenvalue weighted by Crippen LogP contribution is 2.38. The molecule has 0 amide bonds. The molecule has 1 N–H and O–H groups in total. The maximum Gasteiger partial charge on any atom is 0.0843 e. The van der Waals surface area contributed by atoms with Gasteiger partial charge in [0.25, 0.3) is 0 Å². The van der Waals surface area contributed by atoms with Crippen molar-refractivity contribution in [3.05, 3.63) is 0 Å². The van der Waals surface area contributed by atoms with Crippen LogP contribution < -0.4 is 5.32 Å². The summed E-state index contributed by atoms with van der Waals surface area (Å²) in [4.78, 5) is 0. The summed E-state index contributed by atoms with van der Waals surface area (Å²) in [7, 11) is 0. The Morgan fingerprint density at radius 1 is 1.46 bits per heavy atom. The molecule has 1 rings (SSSR count). The van der Waals surface area contributed by atoms with E-state index in [-0.39, 0.29) is 0 Å². The van der Waals surface area contributed by atoms with Gasteiger partial charge in [-0.3, -0.25) is 0 Å². The number of rotatable bonds is 2. The topological polar surface area (TPSA) is 35.8 Å². The molecule has 0 aromatic carbocycles. The molecule has 13 heavy (non-hydrogen) atoms. The zero-order chi connectivity index (χ0) is 9.90. The number of nitriles is 1. The maximum absolute atomic E-state index is 8.48. The second-order valence-corrected chi connectivity index (χ2v) is 5.15. The van der Waals surface area contributed by atoms with Crippen LogP contribution in [0.15, 0.2) is 0 Å². The summed E-state index contributed by atoms with van der Waals surface area (Å²) in [6, 6.07) is 2.70. The van der Waals surface area contributed by atoms with Gasteiger partial charge in [0, 0.05) is 6.04 Å². The molecule has 0 radical (unpaired) electrons. The summed E-state index contributed by atoms with van der Waals surface area (Å²) in [5.74, 6) is 0.792. The average molecular weight is 180 g/mol. The minimum Gasteiger partial charge on any atom is -0.302 e. The van der Waals surface area contributed by atoms with Gasteiger partial charge >= 0.3 is 0 Å². The van der Waals surface area contributed by atoms with E-state index in [0.29, 0.717) is 18.0 Å². The van der Waals surface area contributed by atoms with Crippen molar-refractivity contribution >= 4 is 0 Å². The van der Waals surface area contributed by atoms with Crippen molar-refractivity contribution in [1.82, 2.24) is 5.32 Å². The first-order valence-electron chi connectivity index (χ1n) is 5.14. The van der Waals surface area contributed by atoms with Crippen molar-refractivity contribution in [2.45, 2.75) is 46.1 Å². The Morgan fingerprint density at radius 3 is 2.69 bits per heavy atom. The van der Waals surface area contributed by atoms with Gasteiger partial charge in [0.15, 0.2) is 0 Å². The smallest absolute Gasteiger partial charge is 0.0843 e. The largest absolute Gasteiger partial charge is 0.302 e. The summed E-state index contributed by atoms with van der Waals surface area (Å²) in [5.41, 5.74) is 0.449. The second kappa shape index (κ2) is 4.11. The van der Waals surface area contributed by atoms with Gasteiger partial charge in [0.2, 0.25) is 0 Å². The van der Waals surface area contributed by atoms with Crippen molar-refractivity contribution < 1.29 is 0 Å². The SMILES string of the molecule is CC1CC(NCC#N)CC(C)(C)C1. The van der Waals surface area contributed by atoms with Gasteiger partial charge in [0.05, 0.1) is 12.6 Å². The van der Waals surface area contributed by atoms with Gasteiger partial charge in [-0.1, -0.05) is 20.8 Å². The molecule has 2 atom stereocenters.